The van der Waals surface area contributed by atoms with E-state index in [9.17, 15) is 9.59 Å². The second kappa shape index (κ2) is 14.0. The standard InChI is InChI=1S/C26H34Cl2N4O5/c27-20-6-7-24(23(28)16-20)29-26(34)31(9-3-8-30-10-14-35-15-11-30)19-25(33)32(17-21-4-1-12-36-21)18-22-5-2-13-37-22/h1,4,6-7,12,16,22H,2-3,5,8-11,13-15,17-19H2,(H,29,34). The summed E-state index contributed by atoms with van der Waals surface area (Å²) in [5, 5.41) is 3.64. The lowest BCUT2D eigenvalue weighted by Crippen LogP contribution is -2.47. The minimum absolute atomic E-state index is 0.0182. The van der Waals surface area contributed by atoms with Crippen LogP contribution in [0.3, 0.4) is 0 Å². The number of benzene rings is 1. The van der Waals surface area contributed by atoms with Gasteiger partial charge in [0.1, 0.15) is 12.3 Å². The average molecular weight is 553 g/mol. The van der Waals surface area contributed by atoms with E-state index in [2.05, 4.69) is 10.2 Å². The minimum Gasteiger partial charge on any atom is -0.467 e. The van der Waals surface area contributed by atoms with Crippen LogP contribution in [0.25, 0.3) is 0 Å². The molecule has 1 atom stereocenters. The van der Waals surface area contributed by atoms with Gasteiger partial charge in [-0.15, -0.1) is 0 Å². The Bertz CT molecular complexity index is 1010. The summed E-state index contributed by atoms with van der Waals surface area (Å²) in [6.45, 7) is 5.77. The number of furan rings is 1. The minimum atomic E-state index is -0.394. The largest absolute Gasteiger partial charge is 0.467 e. The number of nitrogens with zero attached hydrogens (tertiary/aromatic N) is 3. The van der Waals surface area contributed by atoms with Gasteiger partial charge in [0.25, 0.3) is 0 Å². The summed E-state index contributed by atoms with van der Waals surface area (Å²) >= 11 is 12.3. The molecule has 4 rings (SSSR count). The molecular formula is C26H34Cl2N4O5. The van der Waals surface area contributed by atoms with Crippen molar-refractivity contribution in [1.82, 2.24) is 14.7 Å². The molecule has 1 aromatic carbocycles. The Morgan fingerprint density at radius 2 is 1.95 bits per heavy atom. The van der Waals surface area contributed by atoms with E-state index in [4.69, 9.17) is 37.1 Å². The van der Waals surface area contributed by atoms with Crippen molar-refractivity contribution in [2.75, 3.05) is 64.4 Å². The Balaban J connectivity index is 1.43. The number of morpholine rings is 1. The molecule has 2 aliphatic rings. The highest BCUT2D eigenvalue weighted by molar-refractivity contribution is 6.36. The molecule has 0 spiro atoms. The first-order valence-corrected chi connectivity index (χ1v) is 13.5. The highest BCUT2D eigenvalue weighted by atomic mass is 35.5. The third kappa shape index (κ3) is 8.61. The zero-order valence-electron chi connectivity index (χ0n) is 20.9. The summed E-state index contributed by atoms with van der Waals surface area (Å²) in [4.78, 5) is 32.4. The number of ether oxygens (including phenoxy) is 2. The van der Waals surface area contributed by atoms with E-state index in [0.29, 0.717) is 60.9 Å². The fourth-order valence-electron chi connectivity index (χ4n) is 4.49. The van der Waals surface area contributed by atoms with Crippen molar-refractivity contribution in [3.63, 3.8) is 0 Å². The van der Waals surface area contributed by atoms with Crippen molar-refractivity contribution in [2.45, 2.75) is 31.9 Å². The fraction of sp³-hybridized carbons (Fsp3) is 0.538. The predicted molar refractivity (Wildman–Crippen MR) is 142 cm³/mol. The van der Waals surface area contributed by atoms with Crippen LogP contribution in [0, 0.1) is 0 Å². The predicted octanol–water partition coefficient (Wildman–Crippen LogP) is 4.35. The second-order valence-corrected chi connectivity index (χ2v) is 10.1. The molecule has 2 saturated heterocycles. The molecule has 2 aliphatic heterocycles. The number of urea groups is 1. The molecule has 3 heterocycles. The molecule has 2 fully saturated rings. The number of hydrogen-bond acceptors (Lipinski definition) is 6. The van der Waals surface area contributed by atoms with Gasteiger partial charge in [0, 0.05) is 44.4 Å². The van der Waals surface area contributed by atoms with E-state index in [1.165, 1.54) is 0 Å². The van der Waals surface area contributed by atoms with E-state index >= 15 is 0 Å². The maximum Gasteiger partial charge on any atom is 0.322 e. The van der Waals surface area contributed by atoms with Crippen molar-refractivity contribution in [3.8, 4) is 0 Å². The van der Waals surface area contributed by atoms with Gasteiger partial charge in [-0.25, -0.2) is 4.79 Å². The van der Waals surface area contributed by atoms with Crippen molar-refractivity contribution in [3.05, 3.63) is 52.4 Å². The van der Waals surface area contributed by atoms with Crippen LogP contribution in [0.5, 0.6) is 0 Å². The molecule has 9 nitrogen and oxygen atoms in total. The summed E-state index contributed by atoms with van der Waals surface area (Å²) in [7, 11) is 0. The molecule has 0 bridgehead atoms. The summed E-state index contributed by atoms with van der Waals surface area (Å²) in [6, 6.07) is 8.12. The molecule has 37 heavy (non-hydrogen) atoms. The third-order valence-electron chi connectivity index (χ3n) is 6.52. The van der Waals surface area contributed by atoms with Crippen LogP contribution in [-0.4, -0.2) is 91.8 Å². The Hall–Kier alpha value is -2.30. The number of hydrogen-bond donors (Lipinski definition) is 1. The Kier molecular flexibility index (Phi) is 10.5. The van der Waals surface area contributed by atoms with Crippen LogP contribution >= 0.6 is 23.2 Å². The monoisotopic (exact) mass is 552 g/mol. The lowest BCUT2D eigenvalue weighted by molar-refractivity contribution is -0.134. The van der Waals surface area contributed by atoms with Gasteiger partial charge in [-0.3, -0.25) is 9.69 Å². The van der Waals surface area contributed by atoms with E-state index in [-0.39, 0.29) is 18.6 Å². The highest BCUT2D eigenvalue weighted by Gasteiger charge is 2.27. The normalized spacial score (nSPS) is 18.1. The first-order chi connectivity index (χ1) is 18.0. The number of halogens is 2. The summed E-state index contributed by atoms with van der Waals surface area (Å²) in [6.07, 6.45) is 4.17. The molecule has 1 aromatic heterocycles. The van der Waals surface area contributed by atoms with Crippen LogP contribution in [0.2, 0.25) is 10.0 Å². The van der Waals surface area contributed by atoms with Gasteiger partial charge < -0.3 is 29.0 Å². The fourth-order valence-corrected chi connectivity index (χ4v) is 4.95. The molecule has 3 amide bonds. The summed E-state index contributed by atoms with van der Waals surface area (Å²) in [5.74, 6) is 0.512. The van der Waals surface area contributed by atoms with Crippen molar-refractivity contribution < 1.29 is 23.5 Å². The molecular weight excluding hydrogens is 519 g/mol. The SMILES string of the molecule is O=C(CN(CCCN1CCOCC1)C(=O)Nc1ccc(Cl)cc1Cl)N(Cc1ccco1)CC1CCCO1. The van der Waals surface area contributed by atoms with Crippen LogP contribution in [-0.2, 0) is 20.8 Å². The Labute approximate surface area is 227 Å². The number of amides is 3. The quantitative estimate of drug-likeness (QED) is 0.446. The van der Waals surface area contributed by atoms with Crippen LogP contribution < -0.4 is 5.32 Å². The number of carbonyl (C=O) groups is 2. The Morgan fingerprint density at radius 1 is 1.11 bits per heavy atom. The van der Waals surface area contributed by atoms with E-state index in [1.807, 2.05) is 6.07 Å². The van der Waals surface area contributed by atoms with Gasteiger partial charge in [0.2, 0.25) is 5.91 Å². The van der Waals surface area contributed by atoms with E-state index in [0.717, 1.165) is 38.9 Å². The maximum atomic E-state index is 13.5. The number of anilines is 1. The summed E-state index contributed by atoms with van der Waals surface area (Å²) < 4.78 is 16.7. The smallest absolute Gasteiger partial charge is 0.322 e. The Morgan fingerprint density at radius 3 is 2.65 bits per heavy atom. The molecule has 11 heteroatoms. The number of carbonyl (C=O) groups excluding carboxylic acids is 2. The molecule has 1 unspecified atom stereocenters. The lowest BCUT2D eigenvalue weighted by Gasteiger charge is -2.30. The van der Waals surface area contributed by atoms with Crippen LogP contribution in [0.1, 0.15) is 25.0 Å². The van der Waals surface area contributed by atoms with Gasteiger partial charge in [-0.05, 0) is 49.6 Å². The van der Waals surface area contributed by atoms with Gasteiger partial charge in [0.15, 0.2) is 0 Å². The maximum absolute atomic E-state index is 13.5. The molecule has 1 N–H and O–H groups in total. The van der Waals surface area contributed by atoms with E-state index in [1.54, 1.807) is 40.3 Å². The second-order valence-electron chi connectivity index (χ2n) is 9.27. The van der Waals surface area contributed by atoms with Gasteiger partial charge in [-0.2, -0.15) is 0 Å². The molecule has 202 valence electrons. The highest BCUT2D eigenvalue weighted by Crippen LogP contribution is 2.25. The van der Waals surface area contributed by atoms with Crippen molar-refractivity contribution >= 4 is 40.8 Å². The average Bonchev–Trinajstić information content (AvgIpc) is 3.60. The first kappa shape index (κ1) is 27.7. The number of rotatable bonds is 11. The molecule has 0 aliphatic carbocycles. The molecule has 0 saturated carbocycles. The third-order valence-corrected chi connectivity index (χ3v) is 7.07. The van der Waals surface area contributed by atoms with Gasteiger partial charge in [-0.1, -0.05) is 23.2 Å². The van der Waals surface area contributed by atoms with Crippen molar-refractivity contribution in [2.24, 2.45) is 0 Å². The molecule has 2 aromatic rings. The lowest BCUT2D eigenvalue weighted by atomic mass is 10.2. The topological polar surface area (TPSA) is 87.5 Å². The zero-order chi connectivity index (χ0) is 26.0. The van der Waals surface area contributed by atoms with Gasteiger partial charge in [0.05, 0.1) is 42.8 Å². The molecule has 0 radical (unpaired) electrons. The first-order valence-electron chi connectivity index (χ1n) is 12.7. The summed E-state index contributed by atoms with van der Waals surface area (Å²) in [5.41, 5.74) is 0.438. The van der Waals surface area contributed by atoms with Gasteiger partial charge >= 0.3 is 6.03 Å². The van der Waals surface area contributed by atoms with Crippen LogP contribution in [0.15, 0.2) is 41.0 Å². The van der Waals surface area contributed by atoms with E-state index < -0.39 is 6.03 Å². The van der Waals surface area contributed by atoms with Crippen molar-refractivity contribution in [1.29, 1.82) is 0 Å². The number of nitrogens with one attached hydrogen (secondary N) is 1. The zero-order valence-corrected chi connectivity index (χ0v) is 22.4. The van der Waals surface area contributed by atoms with Crippen LogP contribution in [0.4, 0.5) is 10.5 Å².